The Hall–Kier alpha value is -6.81. The molecule has 15 nitrogen and oxygen atoms in total. The third-order valence-corrected chi connectivity index (χ3v) is 11.8. The van der Waals surface area contributed by atoms with Crippen molar-refractivity contribution in [2.75, 3.05) is 71.1 Å². The molecule has 6 heterocycles. The number of nitrogens with one attached hydrogen (secondary N) is 3. The fourth-order valence-electron chi connectivity index (χ4n) is 8.44. The average Bonchev–Trinajstić information content (AvgIpc) is 3.46. The number of carbonyl (C=O) groups excluding carboxylic acids is 4. The fourth-order valence-corrected chi connectivity index (χ4v) is 8.44. The number of imide groups is 1. The van der Waals surface area contributed by atoms with E-state index in [1.165, 1.54) is 19.1 Å². The molecule has 0 saturated carbocycles. The molecule has 5 N–H and O–H groups in total. The van der Waals surface area contributed by atoms with Gasteiger partial charge in [-0.25, -0.2) is 18.9 Å². The minimum atomic E-state index is -0.744. The Bertz CT molecular complexity index is 2510. The van der Waals surface area contributed by atoms with Gasteiger partial charge in [0.25, 0.3) is 11.8 Å². The van der Waals surface area contributed by atoms with Gasteiger partial charge in [0, 0.05) is 104 Å². The molecule has 5 amide bonds. The molecule has 2 aromatic heterocycles. The summed E-state index contributed by atoms with van der Waals surface area (Å²) in [6, 6.07) is 22.5. The number of urea groups is 1. The van der Waals surface area contributed by atoms with Gasteiger partial charge in [-0.05, 0) is 98.1 Å². The summed E-state index contributed by atoms with van der Waals surface area (Å²) in [6.07, 6.45) is 0.923. The predicted molar refractivity (Wildman–Crippen MR) is 223 cm³/mol. The van der Waals surface area contributed by atoms with E-state index in [1.807, 2.05) is 43.3 Å². The van der Waals surface area contributed by atoms with Crippen molar-refractivity contribution in [3.63, 3.8) is 0 Å². The number of aryl methyl sites for hydroxylation is 3. The Morgan fingerprint density at radius 1 is 0.831 bits per heavy atom. The number of anilines is 6. The summed E-state index contributed by atoms with van der Waals surface area (Å²) in [6.45, 7) is 9.70. The lowest BCUT2D eigenvalue weighted by molar-refractivity contribution is -0.120. The Kier molecular flexibility index (Phi) is 9.71. The van der Waals surface area contributed by atoms with E-state index < -0.39 is 17.6 Å². The van der Waals surface area contributed by atoms with Gasteiger partial charge in [-0.2, -0.15) is 5.10 Å². The van der Waals surface area contributed by atoms with E-state index in [0.29, 0.717) is 43.6 Å². The number of pyridine rings is 1. The molecule has 5 aromatic rings. The monoisotopic (exact) mass is 797 g/mol. The minimum absolute atomic E-state index is 0.0762. The maximum Gasteiger partial charge on any atom is 0.328 e. The summed E-state index contributed by atoms with van der Waals surface area (Å²) in [5.41, 5.74) is 12.1. The molecule has 3 aromatic carbocycles. The molecule has 9 rings (SSSR count). The molecule has 0 unspecified atom stereocenters. The third-order valence-electron chi connectivity index (χ3n) is 11.8. The molecule has 302 valence electrons. The van der Waals surface area contributed by atoms with Crippen LogP contribution in [-0.2, 0) is 17.8 Å². The second-order valence-electron chi connectivity index (χ2n) is 15.4. The number of nitrogens with zero attached hydrogens (tertiary/aromatic N) is 7. The van der Waals surface area contributed by atoms with Gasteiger partial charge in [0.2, 0.25) is 5.91 Å². The van der Waals surface area contributed by atoms with Gasteiger partial charge in [0.15, 0.2) is 0 Å². The lowest BCUT2D eigenvalue weighted by Crippen LogP contribution is -2.63. The van der Waals surface area contributed by atoms with E-state index in [9.17, 15) is 19.2 Å². The Labute approximate surface area is 340 Å². The first kappa shape index (κ1) is 37.7. The second kappa shape index (κ2) is 15.2. The van der Waals surface area contributed by atoms with Crippen molar-refractivity contribution >= 4 is 58.1 Å². The second-order valence-corrected chi connectivity index (χ2v) is 15.4. The zero-order valence-electron chi connectivity index (χ0n) is 32.8. The fraction of sp³-hybridized carbons (Fsp3) is 0.302. The molecule has 0 bridgehead atoms. The first-order valence-electron chi connectivity index (χ1n) is 19.8. The number of primary amides is 1. The van der Waals surface area contributed by atoms with Gasteiger partial charge >= 0.3 is 6.03 Å². The van der Waals surface area contributed by atoms with E-state index in [4.69, 9.17) is 10.8 Å². The van der Waals surface area contributed by atoms with Crippen LogP contribution >= 0.6 is 0 Å². The normalized spacial score (nSPS) is 17.0. The number of hydrogen-bond donors (Lipinski definition) is 4. The Morgan fingerprint density at radius 2 is 1.58 bits per heavy atom. The predicted octanol–water partition coefficient (Wildman–Crippen LogP) is 4.81. The summed E-state index contributed by atoms with van der Waals surface area (Å²) in [5.74, 6) is -1.39. The van der Waals surface area contributed by atoms with Crippen LogP contribution in [0.15, 0.2) is 72.8 Å². The number of amides is 5. The van der Waals surface area contributed by atoms with Crippen LogP contribution < -0.4 is 36.4 Å². The van der Waals surface area contributed by atoms with Crippen LogP contribution in [0.3, 0.4) is 0 Å². The highest BCUT2D eigenvalue weighted by Crippen LogP contribution is 2.38. The van der Waals surface area contributed by atoms with Crippen LogP contribution in [0.4, 0.5) is 43.6 Å². The number of halogens is 1. The van der Waals surface area contributed by atoms with E-state index in [1.54, 1.807) is 21.7 Å². The molecule has 0 atom stereocenters. The zero-order valence-corrected chi connectivity index (χ0v) is 32.8. The van der Waals surface area contributed by atoms with Crippen LogP contribution in [-0.4, -0.2) is 95.3 Å². The number of nitrogens with two attached hydrogens (primary N) is 1. The maximum absolute atomic E-state index is 16.1. The lowest BCUT2D eigenvalue weighted by Gasteiger charge is -2.49. The molecule has 0 spiro atoms. The van der Waals surface area contributed by atoms with E-state index in [2.05, 4.69) is 47.8 Å². The molecular weight excluding hydrogens is 754 g/mol. The van der Waals surface area contributed by atoms with Crippen LogP contribution in [0.25, 0.3) is 11.3 Å². The molecule has 0 radical (unpaired) electrons. The quantitative estimate of drug-likeness (QED) is 0.171. The van der Waals surface area contributed by atoms with Gasteiger partial charge in [0.1, 0.15) is 28.7 Å². The van der Waals surface area contributed by atoms with Crippen molar-refractivity contribution in [2.24, 2.45) is 5.73 Å². The molecule has 59 heavy (non-hydrogen) atoms. The molecule has 3 fully saturated rings. The number of carbonyl (C=O) groups is 4. The number of aromatic nitrogens is 3. The average molecular weight is 798 g/mol. The first-order valence-corrected chi connectivity index (χ1v) is 19.8. The van der Waals surface area contributed by atoms with E-state index in [-0.39, 0.29) is 39.9 Å². The number of fused-ring (bicyclic) bond motifs is 2. The standard InChI is InChI=1S/C43H44FN11O4/c1-25-4-3-5-35(46-25)48-42(58)32-11-12-33(38(44)26(32)2)39-37(40(45)57)41-47-34-13-10-30(22-27(34)14-17-55(41)50-39)51-18-20-52(21-19-51)31-23-53(24-31)28-6-8-29(9-7-28)54-16-15-36(56)49-43(54)59/h3-13,22,31,47H,14-21,23-24H2,1-2H3,(H2,45,57)(H,46,48,58)(H,49,56,59). The first-order chi connectivity index (χ1) is 28.5. The largest absolute Gasteiger partial charge is 0.369 e. The highest BCUT2D eigenvalue weighted by molar-refractivity contribution is 6.07. The molecule has 3 saturated heterocycles. The summed E-state index contributed by atoms with van der Waals surface area (Å²) in [5, 5.41) is 13.2. The van der Waals surface area contributed by atoms with Crippen molar-refractivity contribution in [1.29, 1.82) is 0 Å². The highest BCUT2D eigenvalue weighted by Gasteiger charge is 2.35. The number of piperazine rings is 1. The van der Waals surface area contributed by atoms with Gasteiger partial charge in [-0.15, -0.1) is 0 Å². The van der Waals surface area contributed by atoms with Crippen LogP contribution in [0.5, 0.6) is 0 Å². The van der Waals surface area contributed by atoms with E-state index in [0.717, 1.165) is 73.3 Å². The summed E-state index contributed by atoms with van der Waals surface area (Å²) in [7, 11) is 0. The molecule has 16 heteroatoms. The van der Waals surface area contributed by atoms with Crippen molar-refractivity contribution in [3.05, 3.63) is 107 Å². The smallest absolute Gasteiger partial charge is 0.328 e. The van der Waals surface area contributed by atoms with Gasteiger partial charge in [-0.1, -0.05) is 6.07 Å². The Morgan fingerprint density at radius 3 is 2.31 bits per heavy atom. The summed E-state index contributed by atoms with van der Waals surface area (Å²) < 4.78 is 17.7. The summed E-state index contributed by atoms with van der Waals surface area (Å²) >= 11 is 0. The third kappa shape index (κ3) is 7.20. The molecule has 4 aliphatic heterocycles. The minimum Gasteiger partial charge on any atom is -0.369 e. The highest BCUT2D eigenvalue weighted by atomic mass is 19.1. The zero-order chi connectivity index (χ0) is 40.9. The topological polar surface area (TPSA) is 174 Å². The number of benzene rings is 3. The van der Waals surface area contributed by atoms with Crippen molar-refractivity contribution < 1.29 is 23.6 Å². The van der Waals surface area contributed by atoms with Crippen LogP contribution in [0.1, 0.15) is 44.0 Å². The SMILES string of the molecule is Cc1cccc(NC(=O)c2ccc(-c3nn4c(c3C(N)=O)Nc3ccc(N5CCN(C6CN(c7ccc(N8CCC(=O)NC8=O)cc7)C6)CC5)cc3CC4)c(F)c2C)n1. The van der Waals surface area contributed by atoms with Crippen molar-refractivity contribution in [3.8, 4) is 11.3 Å². The van der Waals surface area contributed by atoms with Crippen LogP contribution in [0, 0.1) is 19.7 Å². The molecule has 4 aliphatic rings. The number of hydrogen-bond acceptors (Lipinski definition) is 10. The van der Waals surface area contributed by atoms with E-state index >= 15 is 4.39 Å². The molecule has 0 aliphatic carbocycles. The lowest BCUT2D eigenvalue weighted by atomic mass is 9.99. The number of rotatable bonds is 8. The summed E-state index contributed by atoms with van der Waals surface area (Å²) in [4.78, 5) is 63.0. The van der Waals surface area contributed by atoms with Crippen molar-refractivity contribution in [1.82, 2.24) is 25.0 Å². The van der Waals surface area contributed by atoms with Gasteiger partial charge < -0.3 is 26.2 Å². The maximum atomic E-state index is 16.1. The van der Waals surface area contributed by atoms with Gasteiger partial charge in [0.05, 0.1) is 0 Å². The van der Waals surface area contributed by atoms with Crippen molar-refractivity contribution in [2.45, 2.75) is 39.3 Å². The Balaban J connectivity index is 0.835. The van der Waals surface area contributed by atoms with Gasteiger partial charge in [-0.3, -0.25) is 29.5 Å². The van der Waals surface area contributed by atoms with Crippen LogP contribution in [0.2, 0.25) is 0 Å². The molecular formula is C43H44FN11O4.